The molecule has 24 heavy (non-hydrogen) atoms. The fourth-order valence-electron chi connectivity index (χ4n) is 2.60. The third-order valence-electron chi connectivity index (χ3n) is 3.77. The van der Waals surface area contributed by atoms with E-state index in [9.17, 15) is 30.0 Å². The Bertz CT molecular complexity index is 668. The van der Waals surface area contributed by atoms with E-state index in [4.69, 9.17) is 9.84 Å². The smallest absolute Gasteiger partial charge is 0.335 e. The number of carbonyl (C=O) groups is 2. The van der Waals surface area contributed by atoms with Crippen LogP contribution in [-0.2, 0) is 14.3 Å². The van der Waals surface area contributed by atoms with Crippen LogP contribution in [0.15, 0.2) is 24.3 Å². The second kappa shape index (κ2) is 6.90. The van der Waals surface area contributed by atoms with Gasteiger partial charge in [-0.1, -0.05) is 6.07 Å². The van der Waals surface area contributed by atoms with Gasteiger partial charge in [0, 0.05) is 25.3 Å². The number of carboxylic acid groups (broad SMARTS) is 1. The standard InChI is InChI=1S/C16H18O8/c17-10-6-11(8-16(23,7-10)15(21)22)24-14(20)4-2-9-1-3-12(18)13(19)5-9/h1-5,10-11,17-19,23H,6-8H2,(H,21,22)/b4-2+/t10-,11-,16+/m0/s1. The molecular formula is C16H18O8. The minimum Gasteiger partial charge on any atom is -0.504 e. The zero-order chi connectivity index (χ0) is 17.9. The van der Waals surface area contributed by atoms with Gasteiger partial charge in [0.15, 0.2) is 17.1 Å². The summed E-state index contributed by atoms with van der Waals surface area (Å²) in [6, 6.07) is 3.96. The Balaban J connectivity index is 1.99. The maximum Gasteiger partial charge on any atom is 0.335 e. The second-order valence-corrected chi connectivity index (χ2v) is 5.77. The van der Waals surface area contributed by atoms with E-state index in [-0.39, 0.29) is 30.8 Å². The summed E-state index contributed by atoms with van der Waals surface area (Å²) in [5.74, 6) is -2.89. The molecule has 1 saturated carbocycles. The Morgan fingerprint density at radius 2 is 1.92 bits per heavy atom. The first-order chi connectivity index (χ1) is 11.2. The molecule has 0 saturated heterocycles. The summed E-state index contributed by atoms with van der Waals surface area (Å²) in [5.41, 5.74) is -1.69. The number of benzene rings is 1. The van der Waals surface area contributed by atoms with Crippen molar-refractivity contribution in [3.05, 3.63) is 29.8 Å². The molecule has 0 amide bonds. The average Bonchev–Trinajstić information content (AvgIpc) is 2.47. The number of carboxylic acids is 1. The van der Waals surface area contributed by atoms with Crippen LogP contribution in [0.1, 0.15) is 24.8 Å². The van der Waals surface area contributed by atoms with Gasteiger partial charge in [-0.15, -0.1) is 0 Å². The molecule has 5 N–H and O–H groups in total. The monoisotopic (exact) mass is 338 g/mol. The van der Waals surface area contributed by atoms with Crippen LogP contribution in [0.2, 0.25) is 0 Å². The molecule has 0 aromatic heterocycles. The SMILES string of the molecule is O=C(/C=C/c1ccc(O)c(O)c1)O[C@H]1C[C@H](O)C[C@](O)(C(=O)O)C1. The van der Waals surface area contributed by atoms with Crippen molar-refractivity contribution < 1.29 is 39.9 Å². The van der Waals surface area contributed by atoms with E-state index in [0.717, 1.165) is 6.08 Å². The third-order valence-corrected chi connectivity index (χ3v) is 3.77. The first-order valence-electron chi connectivity index (χ1n) is 7.24. The zero-order valence-corrected chi connectivity index (χ0v) is 12.6. The second-order valence-electron chi connectivity index (χ2n) is 5.77. The quantitative estimate of drug-likeness (QED) is 0.301. The number of aliphatic hydroxyl groups is 2. The number of aliphatic carboxylic acids is 1. The van der Waals surface area contributed by atoms with Crippen molar-refractivity contribution in [2.75, 3.05) is 0 Å². The molecule has 0 heterocycles. The molecule has 1 aliphatic carbocycles. The van der Waals surface area contributed by atoms with Gasteiger partial charge in [0.05, 0.1) is 6.10 Å². The zero-order valence-electron chi connectivity index (χ0n) is 12.6. The fourth-order valence-corrected chi connectivity index (χ4v) is 2.60. The van der Waals surface area contributed by atoms with Crippen LogP contribution in [0, 0.1) is 0 Å². The van der Waals surface area contributed by atoms with Gasteiger partial charge in [0.1, 0.15) is 6.10 Å². The molecule has 0 bridgehead atoms. The maximum absolute atomic E-state index is 11.8. The predicted octanol–water partition coefficient (Wildman–Crippen LogP) is 0.383. The van der Waals surface area contributed by atoms with Crippen molar-refractivity contribution in [1.29, 1.82) is 0 Å². The van der Waals surface area contributed by atoms with Crippen molar-refractivity contribution in [2.45, 2.75) is 37.1 Å². The van der Waals surface area contributed by atoms with Gasteiger partial charge < -0.3 is 30.3 Å². The van der Waals surface area contributed by atoms with Crippen molar-refractivity contribution in [2.24, 2.45) is 0 Å². The molecule has 0 spiro atoms. The predicted molar refractivity (Wildman–Crippen MR) is 81.1 cm³/mol. The average molecular weight is 338 g/mol. The van der Waals surface area contributed by atoms with Crippen molar-refractivity contribution >= 4 is 18.0 Å². The van der Waals surface area contributed by atoms with E-state index >= 15 is 0 Å². The maximum atomic E-state index is 11.8. The highest BCUT2D eigenvalue weighted by Gasteiger charge is 2.45. The van der Waals surface area contributed by atoms with E-state index in [2.05, 4.69) is 0 Å². The van der Waals surface area contributed by atoms with Gasteiger partial charge >= 0.3 is 11.9 Å². The van der Waals surface area contributed by atoms with Crippen molar-refractivity contribution in [1.82, 2.24) is 0 Å². The molecule has 0 aliphatic heterocycles. The highest BCUT2D eigenvalue weighted by atomic mass is 16.5. The fraction of sp³-hybridized carbons (Fsp3) is 0.375. The lowest BCUT2D eigenvalue weighted by Gasteiger charge is -2.35. The van der Waals surface area contributed by atoms with E-state index in [1.807, 2.05) is 0 Å². The molecule has 1 aliphatic rings. The summed E-state index contributed by atoms with van der Waals surface area (Å²) in [4.78, 5) is 22.9. The number of aromatic hydroxyl groups is 2. The molecule has 1 fully saturated rings. The molecule has 130 valence electrons. The molecule has 0 radical (unpaired) electrons. The number of phenols is 2. The molecule has 8 heteroatoms. The molecular weight excluding hydrogens is 320 g/mol. The number of ether oxygens (including phenoxy) is 1. The molecule has 1 aromatic rings. The lowest BCUT2D eigenvalue weighted by atomic mass is 9.81. The number of esters is 1. The Morgan fingerprint density at radius 1 is 1.21 bits per heavy atom. The Hall–Kier alpha value is -2.58. The molecule has 2 rings (SSSR count). The van der Waals surface area contributed by atoms with Gasteiger partial charge in [0.2, 0.25) is 0 Å². The summed E-state index contributed by atoms with van der Waals surface area (Å²) < 4.78 is 5.06. The van der Waals surface area contributed by atoms with Crippen LogP contribution in [0.3, 0.4) is 0 Å². The molecule has 1 aromatic carbocycles. The lowest BCUT2D eigenvalue weighted by molar-refractivity contribution is -0.178. The summed E-state index contributed by atoms with van der Waals surface area (Å²) in [6.07, 6.45) is -0.208. The highest BCUT2D eigenvalue weighted by Crippen LogP contribution is 2.31. The summed E-state index contributed by atoms with van der Waals surface area (Å²) in [6.45, 7) is 0. The van der Waals surface area contributed by atoms with Crippen LogP contribution >= 0.6 is 0 Å². The number of phenolic OH excluding ortho intramolecular Hbond substituents is 2. The van der Waals surface area contributed by atoms with E-state index in [0.29, 0.717) is 5.56 Å². The van der Waals surface area contributed by atoms with Crippen LogP contribution < -0.4 is 0 Å². The molecule has 3 atom stereocenters. The van der Waals surface area contributed by atoms with Gasteiger partial charge in [0.25, 0.3) is 0 Å². The number of carbonyl (C=O) groups excluding carboxylic acids is 1. The van der Waals surface area contributed by atoms with Gasteiger partial charge in [-0.05, 0) is 23.8 Å². The van der Waals surface area contributed by atoms with Crippen molar-refractivity contribution in [3.8, 4) is 11.5 Å². The van der Waals surface area contributed by atoms with Crippen LogP contribution in [0.5, 0.6) is 11.5 Å². The van der Waals surface area contributed by atoms with Gasteiger partial charge in [-0.2, -0.15) is 0 Å². The minimum atomic E-state index is -2.13. The summed E-state index contributed by atoms with van der Waals surface area (Å²) >= 11 is 0. The third kappa shape index (κ3) is 4.24. The van der Waals surface area contributed by atoms with E-state index in [1.165, 1.54) is 24.3 Å². The first kappa shape index (κ1) is 17.8. The van der Waals surface area contributed by atoms with Crippen LogP contribution in [0.25, 0.3) is 6.08 Å². The minimum absolute atomic E-state index is 0.0369. The largest absolute Gasteiger partial charge is 0.504 e. The number of aliphatic hydroxyl groups excluding tert-OH is 1. The Morgan fingerprint density at radius 3 is 2.54 bits per heavy atom. The number of hydrogen-bond acceptors (Lipinski definition) is 7. The van der Waals surface area contributed by atoms with E-state index in [1.54, 1.807) is 0 Å². The van der Waals surface area contributed by atoms with Gasteiger partial charge in [-0.3, -0.25) is 0 Å². The summed E-state index contributed by atoms with van der Waals surface area (Å²) in [5, 5.41) is 47.2. The summed E-state index contributed by atoms with van der Waals surface area (Å²) in [7, 11) is 0. The highest BCUT2D eigenvalue weighted by molar-refractivity contribution is 5.87. The van der Waals surface area contributed by atoms with E-state index < -0.39 is 29.7 Å². The van der Waals surface area contributed by atoms with Crippen LogP contribution in [0.4, 0.5) is 0 Å². The topological polar surface area (TPSA) is 145 Å². The first-order valence-corrected chi connectivity index (χ1v) is 7.24. The van der Waals surface area contributed by atoms with Gasteiger partial charge in [-0.25, -0.2) is 9.59 Å². The Kier molecular flexibility index (Phi) is 5.10. The molecule has 0 unspecified atom stereocenters. The number of hydrogen-bond donors (Lipinski definition) is 5. The van der Waals surface area contributed by atoms with Crippen LogP contribution in [-0.4, -0.2) is 55.3 Å². The lowest BCUT2D eigenvalue weighted by Crippen LogP contribution is -2.50. The Labute approximate surface area is 137 Å². The molecule has 8 nitrogen and oxygen atoms in total. The normalized spacial score (nSPS) is 27.1. The van der Waals surface area contributed by atoms with Crippen molar-refractivity contribution in [3.63, 3.8) is 0 Å². The number of rotatable bonds is 4.